The molecule has 1 atom stereocenters. The van der Waals surface area contributed by atoms with Gasteiger partial charge >= 0.3 is 5.69 Å². The van der Waals surface area contributed by atoms with E-state index in [1.165, 1.54) is 17.8 Å². The number of hydrogen-bond donors (Lipinski definition) is 0. The first-order valence-corrected chi connectivity index (χ1v) is 3.71. The van der Waals surface area contributed by atoms with Crippen molar-refractivity contribution in [3.05, 3.63) is 22.5 Å². The molecule has 1 aromatic heterocycles. The molecule has 13 heavy (non-hydrogen) atoms. The van der Waals surface area contributed by atoms with Gasteiger partial charge in [0.05, 0.1) is 4.92 Å². The van der Waals surface area contributed by atoms with Crippen LogP contribution in [0.2, 0.25) is 0 Å². The van der Waals surface area contributed by atoms with Gasteiger partial charge in [-0.1, -0.05) is 0 Å². The lowest BCUT2D eigenvalue weighted by Gasteiger charge is -2.05. The van der Waals surface area contributed by atoms with E-state index in [1.54, 1.807) is 6.92 Å². The quantitative estimate of drug-likeness (QED) is 0.516. The first-order chi connectivity index (χ1) is 6.02. The number of nitro groups is 1. The third kappa shape index (κ3) is 1.90. The monoisotopic (exact) mass is 183 g/mol. The molecule has 0 bridgehead atoms. The minimum Gasteiger partial charge on any atom is -0.298 e. The molecule has 6 heteroatoms. The minimum absolute atomic E-state index is 0.0852. The van der Waals surface area contributed by atoms with Crippen LogP contribution >= 0.6 is 0 Å². The Bertz CT molecular complexity index is 345. The number of rotatable bonds is 3. The third-order valence-corrected chi connectivity index (χ3v) is 1.78. The van der Waals surface area contributed by atoms with Gasteiger partial charge < -0.3 is 0 Å². The lowest BCUT2D eigenvalue weighted by atomic mass is 10.2. The molecule has 1 heterocycles. The summed E-state index contributed by atoms with van der Waals surface area (Å²) in [5.74, 6) is -0.0852. The van der Waals surface area contributed by atoms with E-state index >= 15 is 0 Å². The lowest BCUT2D eigenvalue weighted by Crippen LogP contribution is -2.13. The number of ketones is 1. The summed E-state index contributed by atoms with van der Waals surface area (Å²) in [5, 5.41) is 14.0. The van der Waals surface area contributed by atoms with Crippen molar-refractivity contribution in [2.45, 2.75) is 19.9 Å². The molecule has 1 aromatic rings. The molecule has 0 aliphatic rings. The topological polar surface area (TPSA) is 78.0 Å². The summed E-state index contributed by atoms with van der Waals surface area (Å²) < 4.78 is 1.28. The predicted octanol–water partition coefficient (Wildman–Crippen LogP) is 0.941. The molecule has 6 nitrogen and oxygen atoms in total. The van der Waals surface area contributed by atoms with Crippen LogP contribution in [0.25, 0.3) is 0 Å². The Kier molecular flexibility index (Phi) is 2.41. The van der Waals surface area contributed by atoms with E-state index in [9.17, 15) is 14.9 Å². The Hall–Kier alpha value is -1.72. The van der Waals surface area contributed by atoms with Crippen molar-refractivity contribution in [2.24, 2.45) is 0 Å². The summed E-state index contributed by atoms with van der Waals surface area (Å²) in [6, 6.07) is -0.450. The summed E-state index contributed by atoms with van der Waals surface area (Å²) in [5.41, 5.74) is -0.104. The van der Waals surface area contributed by atoms with E-state index in [0.29, 0.717) is 0 Å². The highest BCUT2D eigenvalue weighted by atomic mass is 16.6. The molecular formula is C7H9N3O3. The van der Waals surface area contributed by atoms with Gasteiger partial charge in [0.15, 0.2) is 5.78 Å². The molecule has 0 spiro atoms. The first-order valence-electron chi connectivity index (χ1n) is 3.71. The van der Waals surface area contributed by atoms with Gasteiger partial charge in [-0.05, 0) is 13.8 Å². The van der Waals surface area contributed by atoms with Gasteiger partial charge in [0.1, 0.15) is 18.4 Å². The molecule has 0 N–H and O–H groups in total. The zero-order valence-electron chi connectivity index (χ0n) is 7.30. The molecule has 0 aliphatic heterocycles. The zero-order chi connectivity index (χ0) is 10.0. The number of hydrogen-bond acceptors (Lipinski definition) is 4. The van der Waals surface area contributed by atoms with E-state index < -0.39 is 11.0 Å². The summed E-state index contributed by atoms with van der Waals surface area (Å²) in [6.07, 6.45) is 2.37. The molecule has 0 saturated heterocycles. The highest BCUT2D eigenvalue weighted by Crippen LogP contribution is 2.12. The van der Waals surface area contributed by atoms with Gasteiger partial charge in [0.2, 0.25) is 0 Å². The van der Waals surface area contributed by atoms with Crippen LogP contribution in [0.4, 0.5) is 5.69 Å². The van der Waals surface area contributed by atoms with Gasteiger partial charge in [-0.25, -0.2) is 0 Å². The smallest absolute Gasteiger partial charge is 0.298 e. The fraction of sp³-hybridized carbons (Fsp3) is 0.429. The number of Topliss-reactive ketones (excluding diaryl/α,β-unsaturated/α-hetero) is 1. The molecule has 0 fully saturated rings. The second kappa shape index (κ2) is 3.34. The second-order valence-corrected chi connectivity index (χ2v) is 2.72. The third-order valence-electron chi connectivity index (χ3n) is 1.78. The number of carbonyl (C=O) groups is 1. The van der Waals surface area contributed by atoms with E-state index in [4.69, 9.17) is 0 Å². The summed E-state index contributed by atoms with van der Waals surface area (Å²) in [7, 11) is 0. The van der Waals surface area contributed by atoms with Gasteiger partial charge in [-0.3, -0.25) is 19.6 Å². The molecule has 70 valence electrons. The maximum absolute atomic E-state index is 10.9. The molecule has 0 aliphatic carbocycles. The minimum atomic E-state index is -0.545. The number of carbonyl (C=O) groups excluding carboxylic acids is 1. The largest absolute Gasteiger partial charge is 0.307 e. The normalized spacial score (nSPS) is 12.5. The van der Waals surface area contributed by atoms with Crippen LogP contribution in [0.5, 0.6) is 0 Å². The Labute approximate surface area is 74.3 Å². The van der Waals surface area contributed by atoms with Crippen LogP contribution in [0.15, 0.2) is 12.4 Å². The van der Waals surface area contributed by atoms with Crippen LogP contribution in [-0.2, 0) is 4.79 Å². The molecule has 0 aromatic carbocycles. The van der Waals surface area contributed by atoms with Gasteiger partial charge in [-0.15, -0.1) is 0 Å². The standard InChI is InChI=1S/C7H9N3O3/c1-5(6(2)11)9-4-7(3-8-9)10(12)13/h3-5H,1-2H3. The number of aromatic nitrogens is 2. The van der Waals surface area contributed by atoms with Crippen LogP contribution < -0.4 is 0 Å². The highest BCUT2D eigenvalue weighted by Gasteiger charge is 2.15. The maximum Gasteiger partial charge on any atom is 0.307 e. The number of nitrogens with zero attached hydrogens (tertiary/aromatic N) is 3. The fourth-order valence-electron chi connectivity index (χ4n) is 0.820. The van der Waals surface area contributed by atoms with Crippen molar-refractivity contribution in [1.82, 2.24) is 9.78 Å². The molecular weight excluding hydrogens is 174 g/mol. The SMILES string of the molecule is CC(=O)C(C)n1cc([N+](=O)[O-])cn1. The lowest BCUT2D eigenvalue weighted by molar-refractivity contribution is -0.385. The second-order valence-electron chi connectivity index (χ2n) is 2.72. The Morgan fingerprint density at radius 1 is 1.77 bits per heavy atom. The Morgan fingerprint density at radius 2 is 2.38 bits per heavy atom. The maximum atomic E-state index is 10.9. The van der Waals surface area contributed by atoms with Crippen molar-refractivity contribution < 1.29 is 9.72 Å². The van der Waals surface area contributed by atoms with Gasteiger partial charge in [0.25, 0.3) is 0 Å². The van der Waals surface area contributed by atoms with Crippen molar-refractivity contribution in [3.63, 3.8) is 0 Å². The molecule has 0 radical (unpaired) electrons. The van der Waals surface area contributed by atoms with Crippen molar-refractivity contribution in [2.75, 3.05) is 0 Å². The first kappa shape index (κ1) is 9.37. The van der Waals surface area contributed by atoms with Crippen LogP contribution in [-0.4, -0.2) is 20.5 Å². The highest BCUT2D eigenvalue weighted by molar-refractivity contribution is 5.79. The zero-order valence-corrected chi connectivity index (χ0v) is 7.30. The molecule has 1 rings (SSSR count). The Morgan fingerprint density at radius 3 is 2.77 bits per heavy atom. The van der Waals surface area contributed by atoms with Crippen molar-refractivity contribution >= 4 is 11.5 Å². The summed E-state index contributed by atoms with van der Waals surface area (Å²) >= 11 is 0. The molecule has 1 unspecified atom stereocenters. The van der Waals surface area contributed by atoms with Gasteiger partial charge in [-0.2, -0.15) is 5.10 Å². The average Bonchev–Trinajstić information content (AvgIpc) is 2.50. The summed E-state index contributed by atoms with van der Waals surface area (Å²) in [6.45, 7) is 3.05. The Balaban J connectivity index is 2.91. The van der Waals surface area contributed by atoms with Gasteiger partial charge in [0, 0.05) is 0 Å². The van der Waals surface area contributed by atoms with Crippen LogP contribution in [0.3, 0.4) is 0 Å². The van der Waals surface area contributed by atoms with E-state index in [0.717, 1.165) is 6.20 Å². The molecule has 0 amide bonds. The molecule has 0 saturated carbocycles. The predicted molar refractivity (Wildman–Crippen MR) is 44.3 cm³/mol. The fourth-order valence-corrected chi connectivity index (χ4v) is 0.820. The average molecular weight is 183 g/mol. The summed E-state index contributed by atoms with van der Waals surface area (Å²) in [4.78, 5) is 20.6. The van der Waals surface area contributed by atoms with Crippen LogP contribution in [0, 0.1) is 10.1 Å². The van der Waals surface area contributed by atoms with Crippen molar-refractivity contribution in [1.29, 1.82) is 0 Å². The van der Waals surface area contributed by atoms with E-state index in [1.807, 2.05) is 0 Å². The van der Waals surface area contributed by atoms with E-state index in [-0.39, 0.29) is 11.5 Å². The van der Waals surface area contributed by atoms with Crippen LogP contribution in [0.1, 0.15) is 19.9 Å². The van der Waals surface area contributed by atoms with E-state index in [2.05, 4.69) is 5.10 Å². The van der Waals surface area contributed by atoms with Crippen molar-refractivity contribution in [3.8, 4) is 0 Å².